The molecule has 1 amide bonds. The number of fused-ring (bicyclic) bond motifs is 1. The average molecular weight is 287 g/mol. The van der Waals surface area contributed by atoms with E-state index in [9.17, 15) is 9.59 Å². The quantitative estimate of drug-likeness (QED) is 0.902. The molecule has 0 aromatic heterocycles. The van der Waals surface area contributed by atoms with Crippen molar-refractivity contribution in [3.63, 3.8) is 0 Å². The van der Waals surface area contributed by atoms with Gasteiger partial charge in [-0.05, 0) is 11.5 Å². The molecule has 0 aliphatic heterocycles. The molecule has 0 spiro atoms. The van der Waals surface area contributed by atoms with Gasteiger partial charge in [0.1, 0.15) is 0 Å². The number of amides is 1. The number of anilines is 1. The maximum absolute atomic E-state index is 11.9. The smallest absolute Gasteiger partial charge is 0.412 e. The minimum atomic E-state index is -1.17. The van der Waals surface area contributed by atoms with E-state index in [0.717, 1.165) is 10.8 Å². The van der Waals surface area contributed by atoms with Crippen LogP contribution in [-0.4, -0.2) is 23.3 Å². The summed E-state index contributed by atoms with van der Waals surface area (Å²) in [6, 6.07) is 13.1. The van der Waals surface area contributed by atoms with Crippen molar-refractivity contribution in [1.82, 2.24) is 0 Å². The van der Waals surface area contributed by atoms with Gasteiger partial charge in [0.05, 0.1) is 5.69 Å². The average Bonchev–Trinajstić information content (AvgIpc) is 2.44. The first-order valence-electron chi connectivity index (χ1n) is 6.67. The number of carbonyl (C=O) groups is 2. The molecule has 0 fully saturated rings. The van der Waals surface area contributed by atoms with Crippen LogP contribution in [0.2, 0.25) is 0 Å². The first-order valence-corrected chi connectivity index (χ1v) is 6.67. The summed E-state index contributed by atoms with van der Waals surface area (Å²) in [5, 5.41) is 13.5. The number of carboxylic acid groups (broad SMARTS) is 1. The van der Waals surface area contributed by atoms with E-state index >= 15 is 0 Å². The Kier molecular flexibility index (Phi) is 4.42. The third kappa shape index (κ3) is 3.51. The van der Waals surface area contributed by atoms with Gasteiger partial charge in [-0.15, -0.1) is 0 Å². The van der Waals surface area contributed by atoms with Gasteiger partial charge in [-0.3, -0.25) is 5.32 Å². The summed E-state index contributed by atoms with van der Waals surface area (Å²) in [6.45, 7) is 3.37. The van der Waals surface area contributed by atoms with Crippen molar-refractivity contribution >= 4 is 28.5 Å². The van der Waals surface area contributed by atoms with Gasteiger partial charge in [-0.2, -0.15) is 0 Å². The maximum Gasteiger partial charge on any atom is 0.412 e. The second-order valence-corrected chi connectivity index (χ2v) is 5.06. The molecule has 2 N–H and O–H groups in total. The van der Waals surface area contributed by atoms with Gasteiger partial charge in [0.2, 0.25) is 6.10 Å². The normalized spacial score (nSPS) is 12.1. The van der Waals surface area contributed by atoms with E-state index in [1.165, 1.54) is 0 Å². The Labute approximate surface area is 122 Å². The molecule has 5 nitrogen and oxygen atoms in total. The number of hydrogen-bond acceptors (Lipinski definition) is 3. The van der Waals surface area contributed by atoms with Crippen molar-refractivity contribution in [2.45, 2.75) is 20.0 Å². The van der Waals surface area contributed by atoms with Gasteiger partial charge in [0, 0.05) is 11.3 Å². The molecule has 0 saturated heterocycles. The summed E-state index contributed by atoms with van der Waals surface area (Å²) in [7, 11) is 0. The molecule has 1 atom stereocenters. The molecular weight excluding hydrogens is 270 g/mol. The molecule has 2 rings (SSSR count). The first-order chi connectivity index (χ1) is 9.99. The third-order valence-electron chi connectivity index (χ3n) is 3.11. The predicted octanol–water partition coefficient (Wildman–Crippen LogP) is 3.50. The molecule has 5 heteroatoms. The van der Waals surface area contributed by atoms with E-state index in [1.54, 1.807) is 19.9 Å². The highest BCUT2D eigenvalue weighted by Gasteiger charge is 2.25. The lowest BCUT2D eigenvalue weighted by atomic mass is 10.1. The topological polar surface area (TPSA) is 75.6 Å². The van der Waals surface area contributed by atoms with Crippen molar-refractivity contribution < 1.29 is 19.4 Å². The summed E-state index contributed by atoms with van der Waals surface area (Å²) in [4.78, 5) is 22.9. The van der Waals surface area contributed by atoms with Crippen LogP contribution in [0.5, 0.6) is 0 Å². The number of ether oxygens (including phenoxy) is 1. The molecule has 0 radical (unpaired) electrons. The highest BCUT2D eigenvalue weighted by atomic mass is 16.6. The van der Waals surface area contributed by atoms with Crippen molar-refractivity contribution in [2.75, 3.05) is 5.32 Å². The van der Waals surface area contributed by atoms with Crippen LogP contribution in [0.3, 0.4) is 0 Å². The van der Waals surface area contributed by atoms with Crippen LogP contribution in [0.25, 0.3) is 10.8 Å². The van der Waals surface area contributed by atoms with E-state index in [2.05, 4.69) is 5.32 Å². The van der Waals surface area contributed by atoms with Crippen LogP contribution in [0.15, 0.2) is 42.5 Å². The zero-order valence-corrected chi connectivity index (χ0v) is 11.9. The van der Waals surface area contributed by atoms with Crippen LogP contribution in [-0.2, 0) is 9.53 Å². The van der Waals surface area contributed by atoms with Crippen LogP contribution in [0, 0.1) is 5.92 Å². The Morgan fingerprint density at radius 3 is 2.43 bits per heavy atom. The zero-order valence-electron chi connectivity index (χ0n) is 11.9. The SMILES string of the molecule is CC(C)[C@H](OC(=O)Nc1cccc2ccccc12)C(=O)O. The summed E-state index contributed by atoms with van der Waals surface area (Å²) in [6.07, 6.45) is -1.94. The molecule has 2 aromatic carbocycles. The number of aliphatic carboxylic acids is 1. The molecule has 2 aromatic rings. The monoisotopic (exact) mass is 287 g/mol. The minimum Gasteiger partial charge on any atom is -0.478 e. The van der Waals surface area contributed by atoms with Gasteiger partial charge in [0.15, 0.2) is 0 Å². The number of carbonyl (C=O) groups excluding carboxylic acids is 1. The van der Waals surface area contributed by atoms with E-state index in [0.29, 0.717) is 5.69 Å². The van der Waals surface area contributed by atoms with Crippen molar-refractivity contribution in [3.05, 3.63) is 42.5 Å². The van der Waals surface area contributed by atoms with Crippen LogP contribution >= 0.6 is 0 Å². The van der Waals surface area contributed by atoms with Crippen LogP contribution in [0.4, 0.5) is 10.5 Å². The number of rotatable bonds is 4. The van der Waals surface area contributed by atoms with Gasteiger partial charge < -0.3 is 9.84 Å². The number of benzene rings is 2. The molecule has 21 heavy (non-hydrogen) atoms. The van der Waals surface area contributed by atoms with E-state index in [4.69, 9.17) is 9.84 Å². The van der Waals surface area contributed by atoms with E-state index in [-0.39, 0.29) is 5.92 Å². The fourth-order valence-electron chi connectivity index (χ4n) is 2.06. The van der Waals surface area contributed by atoms with E-state index < -0.39 is 18.2 Å². The minimum absolute atomic E-state index is 0.305. The number of carboxylic acids is 1. The summed E-state index contributed by atoms with van der Waals surface area (Å²) >= 11 is 0. The summed E-state index contributed by atoms with van der Waals surface area (Å²) in [5.41, 5.74) is 0.589. The molecule has 0 saturated carbocycles. The molecule has 0 unspecified atom stereocenters. The fraction of sp³-hybridized carbons (Fsp3) is 0.250. The zero-order chi connectivity index (χ0) is 15.4. The van der Waals surface area contributed by atoms with E-state index in [1.807, 2.05) is 36.4 Å². The molecule has 0 aliphatic rings. The lowest BCUT2D eigenvalue weighted by molar-refractivity contribution is -0.148. The van der Waals surface area contributed by atoms with Crippen LogP contribution in [0.1, 0.15) is 13.8 Å². The Morgan fingerprint density at radius 2 is 1.76 bits per heavy atom. The van der Waals surface area contributed by atoms with Gasteiger partial charge in [-0.1, -0.05) is 50.2 Å². The second kappa shape index (κ2) is 6.26. The van der Waals surface area contributed by atoms with Gasteiger partial charge in [-0.25, -0.2) is 9.59 Å². The lowest BCUT2D eigenvalue weighted by Crippen LogP contribution is -2.33. The second-order valence-electron chi connectivity index (χ2n) is 5.06. The largest absolute Gasteiger partial charge is 0.478 e. The Bertz CT molecular complexity index is 661. The first kappa shape index (κ1) is 14.8. The maximum atomic E-state index is 11.9. The number of nitrogens with one attached hydrogen (secondary N) is 1. The van der Waals surface area contributed by atoms with Crippen molar-refractivity contribution in [2.24, 2.45) is 5.92 Å². The Morgan fingerprint density at radius 1 is 1.10 bits per heavy atom. The summed E-state index contributed by atoms with van der Waals surface area (Å²) in [5.74, 6) is -1.46. The fourth-order valence-corrected chi connectivity index (χ4v) is 2.06. The third-order valence-corrected chi connectivity index (χ3v) is 3.11. The van der Waals surface area contributed by atoms with Gasteiger partial charge in [0.25, 0.3) is 0 Å². The van der Waals surface area contributed by atoms with Gasteiger partial charge >= 0.3 is 12.1 Å². The predicted molar refractivity (Wildman–Crippen MR) is 80.3 cm³/mol. The Hall–Kier alpha value is -2.56. The lowest BCUT2D eigenvalue weighted by Gasteiger charge is -2.17. The Balaban J connectivity index is 2.17. The molecular formula is C16H17NO4. The molecule has 0 heterocycles. The molecule has 110 valence electrons. The molecule has 0 bridgehead atoms. The molecule has 0 aliphatic carbocycles. The summed E-state index contributed by atoms with van der Waals surface area (Å²) < 4.78 is 4.98. The van der Waals surface area contributed by atoms with Crippen molar-refractivity contribution in [1.29, 1.82) is 0 Å². The highest BCUT2D eigenvalue weighted by molar-refractivity contribution is 6.00. The standard InChI is InChI=1S/C16H17NO4/c1-10(2)14(15(18)19)21-16(20)17-13-9-5-7-11-6-3-4-8-12(11)13/h3-10,14H,1-2H3,(H,17,20)(H,18,19)/t14-/m0/s1. The highest BCUT2D eigenvalue weighted by Crippen LogP contribution is 2.23. The van der Waals surface area contributed by atoms with Crippen LogP contribution < -0.4 is 5.32 Å². The number of hydrogen-bond donors (Lipinski definition) is 2. The van der Waals surface area contributed by atoms with Crippen molar-refractivity contribution in [3.8, 4) is 0 Å².